The van der Waals surface area contributed by atoms with Crippen molar-refractivity contribution in [3.05, 3.63) is 47.0 Å². The molecule has 0 amide bonds. The van der Waals surface area contributed by atoms with Gasteiger partial charge in [0.2, 0.25) is 0 Å². The molecule has 0 bridgehead atoms. The van der Waals surface area contributed by atoms with Crippen LogP contribution in [0.5, 0.6) is 0 Å². The van der Waals surface area contributed by atoms with Crippen LogP contribution in [-0.4, -0.2) is 45.8 Å². The molecule has 8 nitrogen and oxygen atoms in total. The van der Waals surface area contributed by atoms with Crippen LogP contribution < -0.4 is 0 Å². The molecule has 1 rings (SSSR count). The van der Waals surface area contributed by atoms with Crippen LogP contribution in [0.3, 0.4) is 0 Å². The van der Waals surface area contributed by atoms with Gasteiger partial charge in [-0.2, -0.15) is 0 Å². The van der Waals surface area contributed by atoms with Crippen LogP contribution in [0.15, 0.2) is 24.8 Å². The highest BCUT2D eigenvalue weighted by molar-refractivity contribution is 6.05. The quantitative estimate of drug-likeness (QED) is 0.264. The minimum atomic E-state index is -1.45. The standard InChI is InChI=1S/C20H24O8/c1-2-16(21)28-12-8-6-4-3-5-7-9-13-14(18(22)23)10-11-15(19(24)25)17(13)20(26)27/h2,10-11H,1,3-9,12H2,(H,22,23)(H,24,25)(H,26,27). The van der Waals surface area contributed by atoms with Crippen molar-refractivity contribution in [2.75, 3.05) is 6.61 Å². The first-order chi connectivity index (χ1) is 13.3. The minimum Gasteiger partial charge on any atom is -0.478 e. The van der Waals surface area contributed by atoms with Crippen LogP contribution in [0, 0.1) is 0 Å². The first-order valence-corrected chi connectivity index (χ1v) is 8.94. The first kappa shape index (κ1) is 22.9. The Morgan fingerprint density at radius 1 is 0.821 bits per heavy atom. The zero-order valence-corrected chi connectivity index (χ0v) is 15.5. The molecule has 0 fully saturated rings. The summed E-state index contributed by atoms with van der Waals surface area (Å²) in [5.41, 5.74) is -1.03. The number of esters is 1. The monoisotopic (exact) mass is 392 g/mol. The normalized spacial score (nSPS) is 10.3. The smallest absolute Gasteiger partial charge is 0.336 e. The van der Waals surface area contributed by atoms with Crippen molar-refractivity contribution in [2.45, 2.75) is 44.9 Å². The van der Waals surface area contributed by atoms with Gasteiger partial charge in [0.1, 0.15) is 0 Å². The van der Waals surface area contributed by atoms with Gasteiger partial charge in [-0.15, -0.1) is 0 Å². The van der Waals surface area contributed by atoms with Crippen molar-refractivity contribution in [3.8, 4) is 0 Å². The van der Waals surface area contributed by atoms with Gasteiger partial charge in [-0.3, -0.25) is 0 Å². The average Bonchev–Trinajstić information content (AvgIpc) is 2.65. The Labute approximate surface area is 162 Å². The molecule has 0 aliphatic heterocycles. The fraction of sp³-hybridized carbons (Fsp3) is 0.400. The van der Waals surface area contributed by atoms with Gasteiger partial charge in [0, 0.05) is 6.08 Å². The largest absolute Gasteiger partial charge is 0.478 e. The van der Waals surface area contributed by atoms with Crippen LogP contribution in [-0.2, 0) is 16.0 Å². The number of hydrogen-bond donors (Lipinski definition) is 3. The molecule has 0 radical (unpaired) electrons. The van der Waals surface area contributed by atoms with E-state index in [4.69, 9.17) is 4.74 Å². The second-order valence-electron chi connectivity index (χ2n) is 6.17. The van der Waals surface area contributed by atoms with Gasteiger partial charge < -0.3 is 20.1 Å². The van der Waals surface area contributed by atoms with Gasteiger partial charge >= 0.3 is 23.9 Å². The van der Waals surface area contributed by atoms with E-state index < -0.39 is 35.0 Å². The van der Waals surface area contributed by atoms with Gasteiger partial charge in [0.25, 0.3) is 0 Å². The summed E-state index contributed by atoms with van der Waals surface area (Å²) < 4.78 is 4.86. The predicted molar refractivity (Wildman–Crippen MR) is 99.9 cm³/mol. The van der Waals surface area contributed by atoms with E-state index in [9.17, 15) is 34.5 Å². The molecule has 0 unspecified atom stereocenters. The van der Waals surface area contributed by atoms with Crippen LogP contribution >= 0.6 is 0 Å². The Kier molecular flexibility index (Phi) is 9.42. The Hall–Kier alpha value is -3.16. The van der Waals surface area contributed by atoms with Crippen molar-refractivity contribution < 1.29 is 39.2 Å². The number of benzene rings is 1. The zero-order chi connectivity index (χ0) is 21.1. The number of unbranched alkanes of at least 4 members (excludes halogenated alkanes) is 5. The Morgan fingerprint density at radius 2 is 1.36 bits per heavy atom. The third kappa shape index (κ3) is 6.86. The predicted octanol–water partition coefficient (Wildman–Crippen LogP) is 3.39. The van der Waals surface area contributed by atoms with E-state index in [2.05, 4.69) is 6.58 Å². The van der Waals surface area contributed by atoms with E-state index in [1.165, 1.54) is 0 Å². The molecule has 0 atom stereocenters. The lowest BCUT2D eigenvalue weighted by molar-refractivity contribution is -0.137. The maximum atomic E-state index is 11.5. The summed E-state index contributed by atoms with van der Waals surface area (Å²) in [6.45, 7) is 3.63. The summed E-state index contributed by atoms with van der Waals surface area (Å²) in [6, 6.07) is 2.15. The molecule has 3 N–H and O–H groups in total. The fourth-order valence-corrected chi connectivity index (χ4v) is 2.87. The summed E-state index contributed by atoms with van der Waals surface area (Å²) in [5.74, 6) is -4.60. The number of ether oxygens (including phenoxy) is 1. The highest BCUT2D eigenvalue weighted by Gasteiger charge is 2.24. The number of carboxylic acids is 3. The second kappa shape index (κ2) is 11.5. The van der Waals surface area contributed by atoms with Gasteiger partial charge in [-0.25, -0.2) is 19.2 Å². The average molecular weight is 392 g/mol. The Morgan fingerprint density at radius 3 is 1.89 bits per heavy atom. The second-order valence-corrected chi connectivity index (χ2v) is 6.17. The van der Waals surface area contributed by atoms with Crippen molar-refractivity contribution in [1.82, 2.24) is 0 Å². The molecule has 0 aliphatic rings. The summed E-state index contributed by atoms with van der Waals surface area (Å²) in [6.07, 6.45) is 5.87. The summed E-state index contributed by atoms with van der Waals surface area (Å²) in [4.78, 5) is 45.1. The Bertz CT molecular complexity index is 751. The zero-order valence-electron chi connectivity index (χ0n) is 15.5. The molecule has 0 spiro atoms. The Balaban J connectivity index is 2.61. The number of hydrogen-bond acceptors (Lipinski definition) is 5. The number of carbonyl (C=O) groups is 4. The highest BCUT2D eigenvalue weighted by Crippen LogP contribution is 2.23. The van der Waals surface area contributed by atoms with Crippen molar-refractivity contribution >= 4 is 23.9 Å². The number of carbonyl (C=O) groups excluding carboxylic acids is 1. The number of rotatable bonds is 13. The third-order valence-electron chi connectivity index (χ3n) is 4.22. The van der Waals surface area contributed by atoms with E-state index >= 15 is 0 Å². The summed E-state index contributed by atoms with van der Waals surface area (Å²) in [5, 5.41) is 27.9. The summed E-state index contributed by atoms with van der Waals surface area (Å²) in [7, 11) is 0. The molecule has 0 heterocycles. The van der Waals surface area contributed by atoms with Gasteiger partial charge in [-0.1, -0.05) is 32.3 Å². The third-order valence-corrected chi connectivity index (χ3v) is 4.22. The van der Waals surface area contributed by atoms with Crippen molar-refractivity contribution in [2.24, 2.45) is 0 Å². The molecule has 0 saturated carbocycles. The van der Waals surface area contributed by atoms with E-state index in [-0.39, 0.29) is 17.5 Å². The van der Waals surface area contributed by atoms with Crippen molar-refractivity contribution in [1.29, 1.82) is 0 Å². The molecular formula is C20H24O8. The van der Waals surface area contributed by atoms with Crippen molar-refractivity contribution in [3.63, 3.8) is 0 Å². The molecule has 152 valence electrons. The van der Waals surface area contributed by atoms with E-state index in [0.717, 1.165) is 50.3 Å². The minimum absolute atomic E-state index is 0.0382. The fourth-order valence-electron chi connectivity index (χ4n) is 2.87. The van der Waals surface area contributed by atoms with Crippen LogP contribution in [0.25, 0.3) is 0 Å². The highest BCUT2D eigenvalue weighted by atomic mass is 16.5. The maximum absolute atomic E-state index is 11.5. The number of carboxylic acid groups (broad SMARTS) is 3. The molecule has 1 aromatic rings. The lowest BCUT2D eigenvalue weighted by Gasteiger charge is -2.12. The van der Waals surface area contributed by atoms with Crippen LogP contribution in [0.2, 0.25) is 0 Å². The molecular weight excluding hydrogens is 368 g/mol. The lowest BCUT2D eigenvalue weighted by Crippen LogP contribution is -2.16. The molecule has 0 aromatic heterocycles. The molecule has 0 aliphatic carbocycles. The SMILES string of the molecule is C=CC(=O)OCCCCCCCCc1c(C(=O)O)ccc(C(=O)O)c1C(=O)O. The van der Waals surface area contributed by atoms with Gasteiger partial charge in [0.05, 0.1) is 23.3 Å². The number of aromatic carboxylic acids is 3. The van der Waals surface area contributed by atoms with E-state index in [0.29, 0.717) is 13.0 Å². The van der Waals surface area contributed by atoms with Gasteiger partial charge in [0.15, 0.2) is 0 Å². The van der Waals surface area contributed by atoms with E-state index in [1.54, 1.807) is 0 Å². The van der Waals surface area contributed by atoms with Crippen LogP contribution in [0.4, 0.5) is 0 Å². The summed E-state index contributed by atoms with van der Waals surface area (Å²) >= 11 is 0. The molecule has 1 aromatic carbocycles. The first-order valence-electron chi connectivity index (χ1n) is 8.94. The van der Waals surface area contributed by atoms with Crippen LogP contribution in [0.1, 0.15) is 75.2 Å². The lowest BCUT2D eigenvalue weighted by atomic mass is 9.91. The topological polar surface area (TPSA) is 138 Å². The molecule has 28 heavy (non-hydrogen) atoms. The van der Waals surface area contributed by atoms with E-state index in [1.807, 2.05) is 0 Å². The maximum Gasteiger partial charge on any atom is 0.336 e. The molecule has 8 heteroatoms. The molecule has 0 saturated heterocycles. The van der Waals surface area contributed by atoms with Gasteiger partial charge in [-0.05, 0) is 37.0 Å².